The van der Waals surface area contributed by atoms with Crippen molar-refractivity contribution < 1.29 is 13.9 Å². The van der Waals surface area contributed by atoms with Crippen molar-refractivity contribution >= 4 is 28.7 Å². The molecule has 0 fully saturated rings. The molecule has 5 heteroatoms. The summed E-state index contributed by atoms with van der Waals surface area (Å²) in [4.78, 5) is 23.3. The number of hydrogen-bond acceptors (Lipinski definition) is 5. The number of carbonyl (C=O) groups excluding carboxylic acids is 1. The Morgan fingerprint density at radius 2 is 1.77 bits per heavy atom. The fraction of sp³-hybridized carbons (Fsp3) is 0.238. The van der Waals surface area contributed by atoms with E-state index in [0.717, 1.165) is 34.3 Å². The van der Waals surface area contributed by atoms with Gasteiger partial charge in [-0.05, 0) is 41.3 Å². The molecule has 0 saturated carbocycles. The molecule has 3 rings (SSSR count). The average molecular weight is 368 g/mol. The Labute approximate surface area is 156 Å². The molecule has 0 aliphatic carbocycles. The summed E-state index contributed by atoms with van der Waals surface area (Å²) in [5.74, 6) is 1.17. The summed E-state index contributed by atoms with van der Waals surface area (Å²) in [6, 6.07) is 15.0. The first-order valence-electron chi connectivity index (χ1n) is 8.41. The molecular formula is C21H20O4S. The quantitative estimate of drug-likeness (QED) is 0.471. The second-order valence-electron chi connectivity index (χ2n) is 5.96. The molecule has 26 heavy (non-hydrogen) atoms. The molecule has 0 saturated heterocycles. The van der Waals surface area contributed by atoms with Gasteiger partial charge in [-0.25, -0.2) is 9.59 Å². The highest BCUT2D eigenvalue weighted by Crippen LogP contribution is 2.24. The first-order valence-corrected chi connectivity index (χ1v) is 9.57. The van der Waals surface area contributed by atoms with Crippen LogP contribution in [-0.4, -0.2) is 13.1 Å². The number of benzene rings is 2. The highest BCUT2D eigenvalue weighted by Gasteiger charge is 2.08. The molecule has 134 valence electrons. The molecule has 0 radical (unpaired) electrons. The fourth-order valence-corrected chi connectivity index (χ4v) is 3.74. The van der Waals surface area contributed by atoms with Crippen molar-refractivity contribution in [1.29, 1.82) is 0 Å². The van der Waals surface area contributed by atoms with Crippen LogP contribution in [0.1, 0.15) is 34.0 Å². The molecule has 0 aliphatic heterocycles. The van der Waals surface area contributed by atoms with Gasteiger partial charge >= 0.3 is 11.6 Å². The molecule has 3 aromatic rings. The Morgan fingerprint density at radius 3 is 2.46 bits per heavy atom. The number of aryl methyl sites for hydroxylation is 1. The van der Waals surface area contributed by atoms with E-state index in [4.69, 9.17) is 9.15 Å². The van der Waals surface area contributed by atoms with Crippen LogP contribution in [0.4, 0.5) is 0 Å². The van der Waals surface area contributed by atoms with Gasteiger partial charge in [0.1, 0.15) is 5.58 Å². The Kier molecular flexibility index (Phi) is 5.78. The molecule has 1 aromatic heterocycles. The van der Waals surface area contributed by atoms with Crippen LogP contribution in [-0.2, 0) is 22.7 Å². The number of carbonyl (C=O) groups is 1. The summed E-state index contributed by atoms with van der Waals surface area (Å²) in [7, 11) is 1.37. The summed E-state index contributed by atoms with van der Waals surface area (Å²) >= 11 is 1.72. The maximum Gasteiger partial charge on any atom is 0.337 e. The van der Waals surface area contributed by atoms with E-state index in [-0.39, 0.29) is 11.6 Å². The van der Waals surface area contributed by atoms with Crippen LogP contribution in [0.25, 0.3) is 11.0 Å². The zero-order valence-corrected chi connectivity index (χ0v) is 15.6. The third-order valence-corrected chi connectivity index (χ3v) is 5.26. The van der Waals surface area contributed by atoms with Crippen molar-refractivity contribution in [1.82, 2.24) is 0 Å². The molecule has 0 aliphatic rings. The third-order valence-electron chi connectivity index (χ3n) is 4.20. The minimum Gasteiger partial charge on any atom is -0.465 e. The summed E-state index contributed by atoms with van der Waals surface area (Å²) in [5, 5.41) is 0.982. The third kappa shape index (κ3) is 4.17. The number of ether oxygens (including phenoxy) is 1. The minimum atomic E-state index is -0.335. The van der Waals surface area contributed by atoms with E-state index in [2.05, 4.69) is 13.0 Å². The lowest BCUT2D eigenvalue weighted by molar-refractivity contribution is 0.0600. The Morgan fingerprint density at radius 1 is 1.04 bits per heavy atom. The van der Waals surface area contributed by atoms with E-state index in [1.54, 1.807) is 30.0 Å². The van der Waals surface area contributed by atoms with Gasteiger partial charge in [-0.1, -0.05) is 31.2 Å². The predicted octanol–water partition coefficient (Wildman–Crippen LogP) is 4.58. The molecule has 1 heterocycles. The van der Waals surface area contributed by atoms with E-state index >= 15 is 0 Å². The van der Waals surface area contributed by atoms with Crippen LogP contribution in [0.2, 0.25) is 0 Å². The Hall–Kier alpha value is -2.53. The van der Waals surface area contributed by atoms with E-state index in [1.807, 2.05) is 24.3 Å². The molecule has 2 aromatic carbocycles. The molecule has 0 bridgehead atoms. The van der Waals surface area contributed by atoms with Crippen LogP contribution in [0.15, 0.2) is 57.7 Å². The van der Waals surface area contributed by atoms with Gasteiger partial charge < -0.3 is 9.15 Å². The van der Waals surface area contributed by atoms with Crippen LogP contribution < -0.4 is 5.63 Å². The highest BCUT2D eigenvalue weighted by atomic mass is 32.2. The SMILES string of the molecule is CCc1ccc2c(CSCc3ccc(C(=O)OC)cc3)cc(=O)oc2c1. The number of thioether (sulfide) groups is 1. The number of fused-ring (bicyclic) bond motifs is 1. The standard InChI is InChI=1S/C21H20O4S/c1-3-14-6-9-18-17(11-20(22)25-19(18)10-14)13-26-12-15-4-7-16(8-5-15)21(23)24-2/h4-11H,3,12-13H2,1-2H3. The van der Waals surface area contributed by atoms with Crippen LogP contribution in [0, 0.1) is 0 Å². The summed E-state index contributed by atoms with van der Waals surface area (Å²) in [6.07, 6.45) is 0.903. The fourth-order valence-electron chi connectivity index (χ4n) is 2.75. The molecule has 0 amide bonds. The lowest BCUT2D eigenvalue weighted by Gasteiger charge is -2.07. The predicted molar refractivity (Wildman–Crippen MR) is 105 cm³/mol. The topological polar surface area (TPSA) is 56.5 Å². The van der Waals surface area contributed by atoms with E-state index in [1.165, 1.54) is 7.11 Å². The smallest absolute Gasteiger partial charge is 0.337 e. The molecular weight excluding hydrogens is 348 g/mol. The summed E-state index contributed by atoms with van der Waals surface area (Å²) < 4.78 is 10.0. The van der Waals surface area contributed by atoms with Gasteiger partial charge in [-0.2, -0.15) is 11.8 Å². The minimum absolute atomic E-state index is 0.316. The Balaban J connectivity index is 1.71. The van der Waals surface area contributed by atoms with Gasteiger partial charge in [0.2, 0.25) is 0 Å². The molecule has 0 spiro atoms. The van der Waals surface area contributed by atoms with Gasteiger partial charge in [0.15, 0.2) is 0 Å². The van der Waals surface area contributed by atoms with Crippen LogP contribution in [0.5, 0.6) is 0 Å². The highest BCUT2D eigenvalue weighted by molar-refractivity contribution is 7.97. The molecule has 0 atom stereocenters. The normalized spacial score (nSPS) is 10.8. The first-order chi connectivity index (χ1) is 12.6. The number of rotatable bonds is 6. The molecule has 0 N–H and O–H groups in total. The van der Waals surface area contributed by atoms with Crippen molar-refractivity contribution in [3.05, 3.63) is 81.2 Å². The van der Waals surface area contributed by atoms with Gasteiger partial charge in [0.25, 0.3) is 0 Å². The second-order valence-corrected chi connectivity index (χ2v) is 6.94. The first kappa shape index (κ1) is 18.3. The van der Waals surface area contributed by atoms with Crippen molar-refractivity contribution in [3.8, 4) is 0 Å². The van der Waals surface area contributed by atoms with E-state index < -0.39 is 0 Å². The van der Waals surface area contributed by atoms with Gasteiger partial charge in [0.05, 0.1) is 12.7 Å². The molecule has 0 unspecified atom stereocenters. The Bertz CT molecular complexity index is 973. The maximum absolute atomic E-state index is 11.8. The average Bonchev–Trinajstić information content (AvgIpc) is 2.67. The van der Waals surface area contributed by atoms with E-state index in [0.29, 0.717) is 16.9 Å². The largest absolute Gasteiger partial charge is 0.465 e. The van der Waals surface area contributed by atoms with Gasteiger partial charge in [-0.15, -0.1) is 0 Å². The zero-order valence-electron chi connectivity index (χ0n) is 14.8. The number of hydrogen-bond donors (Lipinski definition) is 0. The van der Waals surface area contributed by atoms with Crippen molar-refractivity contribution in [3.63, 3.8) is 0 Å². The van der Waals surface area contributed by atoms with Gasteiger partial charge in [-0.3, -0.25) is 0 Å². The van der Waals surface area contributed by atoms with Crippen LogP contribution >= 0.6 is 11.8 Å². The maximum atomic E-state index is 11.8. The van der Waals surface area contributed by atoms with Crippen molar-refractivity contribution in [2.45, 2.75) is 24.9 Å². The monoisotopic (exact) mass is 368 g/mol. The van der Waals surface area contributed by atoms with Crippen molar-refractivity contribution in [2.24, 2.45) is 0 Å². The number of methoxy groups -OCH3 is 1. The van der Waals surface area contributed by atoms with E-state index in [9.17, 15) is 9.59 Å². The number of esters is 1. The van der Waals surface area contributed by atoms with Gasteiger partial charge in [0, 0.05) is 23.0 Å². The summed E-state index contributed by atoms with van der Waals surface area (Å²) in [5.41, 5.74) is 4.12. The van der Waals surface area contributed by atoms with Crippen LogP contribution in [0.3, 0.4) is 0 Å². The summed E-state index contributed by atoms with van der Waals surface area (Å²) in [6.45, 7) is 2.07. The zero-order chi connectivity index (χ0) is 18.5. The lowest BCUT2D eigenvalue weighted by Crippen LogP contribution is -2.01. The molecule has 4 nitrogen and oxygen atoms in total. The second kappa shape index (κ2) is 8.23. The van der Waals surface area contributed by atoms with Crippen molar-refractivity contribution in [2.75, 3.05) is 7.11 Å². The lowest BCUT2D eigenvalue weighted by atomic mass is 10.1.